The van der Waals surface area contributed by atoms with Gasteiger partial charge in [-0.05, 0) is 25.2 Å². The number of hydrogen-bond donors (Lipinski definition) is 1. The van der Waals surface area contributed by atoms with Gasteiger partial charge in [0.25, 0.3) is 0 Å². The van der Waals surface area contributed by atoms with Crippen molar-refractivity contribution in [3.05, 3.63) is 0 Å². The highest BCUT2D eigenvalue weighted by Crippen LogP contribution is 2.24. The van der Waals surface area contributed by atoms with Crippen LogP contribution in [-0.2, 0) is 4.74 Å². The molecule has 2 rings (SSSR count). The molecular weight excluding hydrogens is 138 g/mol. The first-order valence-electron chi connectivity index (χ1n) is 4.71. The minimum absolute atomic E-state index is 0.528. The van der Waals surface area contributed by atoms with Gasteiger partial charge in [-0.25, -0.2) is 0 Å². The van der Waals surface area contributed by atoms with Crippen LogP contribution in [0.4, 0.5) is 0 Å². The topological polar surface area (TPSA) is 21.3 Å². The van der Waals surface area contributed by atoms with Gasteiger partial charge in [0.05, 0.1) is 12.7 Å². The van der Waals surface area contributed by atoms with E-state index in [1.807, 2.05) is 0 Å². The van der Waals surface area contributed by atoms with Crippen LogP contribution in [-0.4, -0.2) is 25.3 Å². The van der Waals surface area contributed by atoms with E-state index >= 15 is 0 Å². The molecule has 0 amide bonds. The van der Waals surface area contributed by atoms with Gasteiger partial charge < -0.3 is 10.1 Å². The molecule has 1 aliphatic heterocycles. The predicted molar refractivity (Wildman–Crippen MR) is 44.5 cm³/mol. The highest BCUT2D eigenvalue weighted by molar-refractivity contribution is 4.86. The highest BCUT2D eigenvalue weighted by atomic mass is 16.5. The summed E-state index contributed by atoms with van der Waals surface area (Å²) in [6.07, 6.45) is 4.46. The Morgan fingerprint density at radius 3 is 3.18 bits per heavy atom. The molecule has 0 aromatic heterocycles. The normalized spacial score (nSPS) is 45.0. The first-order chi connectivity index (χ1) is 5.36. The number of hydrogen-bond acceptors (Lipinski definition) is 2. The van der Waals surface area contributed by atoms with E-state index in [2.05, 4.69) is 12.2 Å². The summed E-state index contributed by atoms with van der Waals surface area (Å²) in [6, 6.07) is 0.667. The molecule has 1 heterocycles. The Morgan fingerprint density at radius 1 is 1.36 bits per heavy atom. The van der Waals surface area contributed by atoms with E-state index in [9.17, 15) is 0 Å². The van der Waals surface area contributed by atoms with Crippen molar-refractivity contribution in [2.45, 2.75) is 38.3 Å². The Hall–Kier alpha value is -0.0800. The molecule has 3 atom stereocenters. The number of nitrogens with one attached hydrogen (secondary N) is 1. The second-order valence-corrected chi connectivity index (χ2v) is 3.92. The van der Waals surface area contributed by atoms with E-state index in [1.165, 1.54) is 19.3 Å². The molecule has 0 bridgehead atoms. The van der Waals surface area contributed by atoms with Crippen molar-refractivity contribution in [2.75, 3.05) is 13.2 Å². The SMILES string of the molecule is CC1CNC2CCCC2OC1. The number of rotatable bonds is 0. The van der Waals surface area contributed by atoms with Crippen LogP contribution in [0.1, 0.15) is 26.2 Å². The molecule has 0 spiro atoms. The Labute approximate surface area is 68.3 Å². The number of fused-ring (bicyclic) bond motifs is 1. The van der Waals surface area contributed by atoms with Gasteiger partial charge in [0, 0.05) is 12.6 Å². The van der Waals surface area contributed by atoms with Crippen molar-refractivity contribution in [1.29, 1.82) is 0 Å². The maximum Gasteiger partial charge on any atom is 0.0728 e. The third-order valence-corrected chi connectivity index (χ3v) is 2.78. The van der Waals surface area contributed by atoms with Crippen molar-refractivity contribution < 1.29 is 4.74 Å². The molecule has 2 nitrogen and oxygen atoms in total. The summed E-state index contributed by atoms with van der Waals surface area (Å²) in [5, 5.41) is 3.57. The molecule has 2 fully saturated rings. The van der Waals surface area contributed by atoms with Crippen molar-refractivity contribution in [2.24, 2.45) is 5.92 Å². The molecule has 1 saturated carbocycles. The van der Waals surface area contributed by atoms with Gasteiger partial charge in [-0.2, -0.15) is 0 Å². The molecular formula is C9H17NO. The lowest BCUT2D eigenvalue weighted by molar-refractivity contribution is 0.0429. The maximum atomic E-state index is 5.78. The molecule has 0 radical (unpaired) electrons. The fourth-order valence-corrected chi connectivity index (χ4v) is 2.06. The van der Waals surface area contributed by atoms with Gasteiger partial charge in [-0.15, -0.1) is 0 Å². The first-order valence-corrected chi connectivity index (χ1v) is 4.71. The van der Waals surface area contributed by atoms with Crippen molar-refractivity contribution in [3.8, 4) is 0 Å². The Kier molecular flexibility index (Phi) is 2.14. The predicted octanol–water partition coefficient (Wildman–Crippen LogP) is 1.16. The molecule has 0 aromatic rings. The van der Waals surface area contributed by atoms with Crippen LogP contribution in [0.2, 0.25) is 0 Å². The third-order valence-electron chi connectivity index (χ3n) is 2.78. The maximum absolute atomic E-state index is 5.78. The molecule has 2 aliphatic rings. The Balaban J connectivity index is 1.95. The fraction of sp³-hybridized carbons (Fsp3) is 1.00. The molecule has 11 heavy (non-hydrogen) atoms. The van der Waals surface area contributed by atoms with Crippen LogP contribution < -0.4 is 5.32 Å². The van der Waals surface area contributed by atoms with Gasteiger partial charge in [-0.1, -0.05) is 6.92 Å². The quantitative estimate of drug-likeness (QED) is 0.567. The van der Waals surface area contributed by atoms with E-state index in [0.29, 0.717) is 18.1 Å². The van der Waals surface area contributed by atoms with Crippen LogP contribution in [0.15, 0.2) is 0 Å². The average molecular weight is 155 g/mol. The monoisotopic (exact) mass is 155 g/mol. The first kappa shape index (κ1) is 7.56. The lowest BCUT2D eigenvalue weighted by atomic mass is 10.2. The smallest absolute Gasteiger partial charge is 0.0728 e. The zero-order valence-corrected chi connectivity index (χ0v) is 7.18. The minimum atomic E-state index is 0.528. The molecule has 3 unspecified atom stereocenters. The molecule has 64 valence electrons. The summed E-state index contributed by atoms with van der Waals surface area (Å²) in [6.45, 7) is 4.34. The van der Waals surface area contributed by atoms with Crippen molar-refractivity contribution in [1.82, 2.24) is 5.32 Å². The van der Waals surface area contributed by atoms with Gasteiger partial charge >= 0.3 is 0 Å². The fourth-order valence-electron chi connectivity index (χ4n) is 2.06. The number of ether oxygens (including phenoxy) is 1. The van der Waals surface area contributed by atoms with Crippen LogP contribution in [0, 0.1) is 5.92 Å². The van der Waals surface area contributed by atoms with Gasteiger partial charge in [0.1, 0.15) is 0 Å². The zero-order chi connectivity index (χ0) is 7.68. The lowest BCUT2D eigenvalue weighted by Crippen LogP contribution is -2.35. The molecule has 1 saturated heterocycles. The Bertz CT molecular complexity index is 124. The van der Waals surface area contributed by atoms with E-state index in [0.717, 1.165) is 13.2 Å². The van der Waals surface area contributed by atoms with Crippen molar-refractivity contribution >= 4 is 0 Å². The van der Waals surface area contributed by atoms with Crippen LogP contribution >= 0.6 is 0 Å². The summed E-state index contributed by atoms with van der Waals surface area (Å²) >= 11 is 0. The van der Waals surface area contributed by atoms with Gasteiger partial charge in [0.2, 0.25) is 0 Å². The van der Waals surface area contributed by atoms with Crippen molar-refractivity contribution in [3.63, 3.8) is 0 Å². The van der Waals surface area contributed by atoms with Crippen LogP contribution in [0.5, 0.6) is 0 Å². The summed E-state index contributed by atoms with van der Waals surface area (Å²) in [5.74, 6) is 0.695. The van der Waals surface area contributed by atoms with E-state index in [-0.39, 0.29) is 0 Å². The third kappa shape index (κ3) is 1.57. The summed E-state index contributed by atoms with van der Waals surface area (Å²) in [5.41, 5.74) is 0. The summed E-state index contributed by atoms with van der Waals surface area (Å²) < 4.78 is 5.78. The second-order valence-electron chi connectivity index (χ2n) is 3.92. The molecule has 0 aromatic carbocycles. The van der Waals surface area contributed by atoms with Gasteiger partial charge in [-0.3, -0.25) is 0 Å². The van der Waals surface area contributed by atoms with Crippen LogP contribution in [0.25, 0.3) is 0 Å². The summed E-state index contributed by atoms with van der Waals surface area (Å²) in [7, 11) is 0. The molecule has 1 aliphatic carbocycles. The Morgan fingerprint density at radius 2 is 2.27 bits per heavy atom. The van der Waals surface area contributed by atoms with E-state index < -0.39 is 0 Å². The zero-order valence-electron chi connectivity index (χ0n) is 7.18. The largest absolute Gasteiger partial charge is 0.376 e. The van der Waals surface area contributed by atoms with Gasteiger partial charge in [0.15, 0.2) is 0 Å². The minimum Gasteiger partial charge on any atom is -0.376 e. The second kappa shape index (κ2) is 3.11. The molecule has 2 heteroatoms. The lowest BCUT2D eigenvalue weighted by Gasteiger charge is -2.16. The molecule has 1 N–H and O–H groups in total. The van der Waals surface area contributed by atoms with E-state index in [4.69, 9.17) is 4.74 Å². The standard InChI is InChI=1S/C9H17NO/c1-7-5-10-8-3-2-4-9(8)11-6-7/h7-10H,2-6H2,1H3. The highest BCUT2D eigenvalue weighted by Gasteiger charge is 2.30. The van der Waals surface area contributed by atoms with Crippen LogP contribution in [0.3, 0.4) is 0 Å². The average Bonchev–Trinajstić information content (AvgIpc) is 2.38. The summed E-state index contributed by atoms with van der Waals surface area (Å²) in [4.78, 5) is 0. The van der Waals surface area contributed by atoms with E-state index in [1.54, 1.807) is 0 Å².